The molecule has 0 spiro atoms. The van der Waals surface area contributed by atoms with Crippen LogP contribution in [0.25, 0.3) is 0 Å². The summed E-state index contributed by atoms with van der Waals surface area (Å²) in [5, 5.41) is 9.41. The molecule has 0 aromatic heterocycles. The Morgan fingerprint density at radius 1 is 1.00 bits per heavy atom. The minimum absolute atomic E-state index is 0.105. The van der Waals surface area contributed by atoms with Crippen LogP contribution in [-0.2, 0) is 10.0 Å². The minimum Gasteiger partial charge on any atom is -0.279 e. The number of hydrogen-bond acceptors (Lipinski definition) is 4. The summed E-state index contributed by atoms with van der Waals surface area (Å²) in [5.41, 5.74) is 1.49. The molecule has 28 heavy (non-hydrogen) atoms. The Bertz CT molecular complexity index is 1170. The van der Waals surface area contributed by atoms with Gasteiger partial charge in [-0.25, -0.2) is 17.2 Å². The highest BCUT2D eigenvalue weighted by molar-refractivity contribution is 7.99. The number of nitrogens with zero attached hydrogens (tertiary/aromatic N) is 1. The second-order valence-electron chi connectivity index (χ2n) is 5.92. The first-order chi connectivity index (χ1) is 13.3. The van der Waals surface area contributed by atoms with Gasteiger partial charge in [-0.05, 0) is 49.4 Å². The van der Waals surface area contributed by atoms with Gasteiger partial charge in [0, 0.05) is 15.9 Å². The lowest BCUT2D eigenvalue weighted by Crippen LogP contribution is -2.15. The largest absolute Gasteiger partial charge is 0.279 e. The van der Waals surface area contributed by atoms with Crippen molar-refractivity contribution in [3.63, 3.8) is 0 Å². The Balaban J connectivity index is 1.87. The van der Waals surface area contributed by atoms with Gasteiger partial charge in [0.15, 0.2) is 0 Å². The first kappa shape index (κ1) is 19.9. The van der Waals surface area contributed by atoms with Crippen LogP contribution in [0.2, 0.25) is 0 Å². The molecular weight excluding hydrogens is 402 g/mol. The van der Waals surface area contributed by atoms with Crippen LogP contribution in [0.15, 0.2) is 75.4 Å². The van der Waals surface area contributed by atoms with E-state index in [1.165, 1.54) is 23.9 Å². The smallest absolute Gasteiger partial charge is 0.264 e. The fourth-order valence-corrected chi connectivity index (χ4v) is 4.39. The molecule has 0 fully saturated rings. The van der Waals surface area contributed by atoms with Gasteiger partial charge >= 0.3 is 0 Å². The topological polar surface area (TPSA) is 70.0 Å². The third kappa shape index (κ3) is 4.50. The second kappa shape index (κ2) is 8.00. The molecule has 0 unspecified atom stereocenters. The third-order valence-electron chi connectivity index (χ3n) is 3.78. The molecular formula is C20H14F2N2O2S2. The van der Waals surface area contributed by atoms with Crippen molar-refractivity contribution in [1.82, 2.24) is 0 Å². The number of halogens is 2. The van der Waals surface area contributed by atoms with Crippen molar-refractivity contribution in [2.24, 2.45) is 0 Å². The second-order valence-corrected chi connectivity index (χ2v) is 8.68. The fourth-order valence-electron chi connectivity index (χ4n) is 2.41. The Morgan fingerprint density at radius 2 is 1.71 bits per heavy atom. The summed E-state index contributed by atoms with van der Waals surface area (Å²) in [6.45, 7) is 1.97. The zero-order valence-electron chi connectivity index (χ0n) is 14.6. The molecule has 0 radical (unpaired) electrons. The van der Waals surface area contributed by atoms with E-state index in [1.54, 1.807) is 6.07 Å². The normalized spacial score (nSPS) is 11.1. The van der Waals surface area contributed by atoms with Crippen molar-refractivity contribution in [1.29, 1.82) is 5.26 Å². The van der Waals surface area contributed by atoms with Crippen molar-refractivity contribution in [3.05, 3.63) is 83.4 Å². The molecule has 0 atom stereocenters. The number of aryl methyl sites for hydroxylation is 1. The van der Waals surface area contributed by atoms with Crippen LogP contribution < -0.4 is 4.72 Å². The van der Waals surface area contributed by atoms with E-state index in [0.29, 0.717) is 11.0 Å². The van der Waals surface area contributed by atoms with Gasteiger partial charge in [0.25, 0.3) is 10.0 Å². The predicted molar refractivity (Wildman–Crippen MR) is 104 cm³/mol. The third-order valence-corrected chi connectivity index (χ3v) is 6.28. The fraction of sp³-hybridized carbons (Fsp3) is 0.0500. The molecule has 1 N–H and O–H groups in total. The number of benzene rings is 3. The lowest BCUT2D eigenvalue weighted by molar-refractivity contribution is 0.551. The summed E-state index contributed by atoms with van der Waals surface area (Å²) in [6, 6.07) is 16.5. The molecule has 142 valence electrons. The molecule has 4 nitrogen and oxygen atoms in total. The highest BCUT2D eigenvalue weighted by atomic mass is 32.2. The lowest BCUT2D eigenvalue weighted by atomic mass is 10.2. The maximum absolute atomic E-state index is 13.8. The summed E-state index contributed by atoms with van der Waals surface area (Å²) >= 11 is 1.37. The van der Waals surface area contributed by atoms with E-state index < -0.39 is 26.6 Å². The molecule has 3 aromatic carbocycles. The van der Waals surface area contributed by atoms with Crippen molar-refractivity contribution in [2.75, 3.05) is 4.72 Å². The van der Waals surface area contributed by atoms with E-state index in [2.05, 4.69) is 4.72 Å². The van der Waals surface area contributed by atoms with Gasteiger partial charge in [0.1, 0.15) is 22.6 Å². The molecule has 0 aliphatic carbocycles. The molecule has 0 saturated heterocycles. The van der Waals surface area contributed by atoms with E-state index in [1.807, 2.05) is 37.3 Å². The average Bonchev–Trinajstić information content (AvgIpc) is 2.64. The lowest BCUT2D eigenvalue weighted by Gasteiger charge is -2.11. The molecule has 0 heterocycles. The Morgan fingerprint density at radius 3 is 2.36 bits per heavy atom. The zero-order valence-corrected chi connectivity index (χ0v) is 16.2. The number of anilines is 1. The van der Waals surface area contributed by atoms with Gasteiger partial charge in [-0.2, -0.15) is 5.26 Å². The molecule has 8 heteroatoms. The van der Waals surface area contributed by atoms with E-state index in [4.69, 9.17) is 0 Å². The van der Waals surface area contributed by atoms with Crippen molar-refractivity contribution in [2.45, 2.75) is 21.6 Å². The summed E-state index contributed by atoms with van der Waals surface area (Å²) in [4.78, 5) is 0.914. The van der Waals surface area contributed by atoms with Crippen LogP contribution in [-0.4, -0.2) is 8.42 Å². The van der Waals surface area contributed by atoms with E-state index >= 15 is 0 Å². The molecule has 0 aliphatic heterocycles. The number of hydrogen-bond donors (Lipinski definition) is 1. The van der Waals surface area contributed by atoms with Crippen LogP contribution >= 0.6 is 11.8 Å². The average molecular weight is 416 g/mol. The van der Waals surface area contributed by atoms with Crippen LogP contribution in [0.5, 0.6) is 0 Å². The summed E-state index contributed by atoms with van der Waals surface area (Å²) in [7, 11) is -4.27. The molecule has 3 rings (SSSR count). The van der Waals surface area contributed by atoms with Crippen molar-refractivity contribution >= 4 is 27.5 Å². The monoisotopic (exact) mass is 416 g/mol. The Hall–Kier alpha value is -2.89. The van der Waals surface area contributed by atoms with Crippen LogP contribution in [0.1, 0.15) is 11.1 Å². The van der Waals surface area contributed by atoms with Gasteiger partial charge in [-0.1, -0.05) is 29.5 Å². The van der Waals surface area contributed by atoms with Crippen molar-refractivity contribution in [3.8, 4) is 6.07 Å². The summed E-state index contributed by atoms with van der Waals surface area (Å²) in [6.07, 6.45) is 0. The van der Waals surface area contributed by atoms with Crippen LogP contribution in [0.3, 0.4) is 0 Å². The first-order valence-electron chi connectivity index (χ1n) is 8.05. The van der Waals surface area contributed by atoms with Crippen LogP contribution in [0.4, 0.5) is 14.5 Å². The molecule has 0 aliphatic rings. The molecule has 0 amide bonds. The first-order valence-corrected chi connectivity index (χ1v) is 10.3. The highest BCUT2D eigenvalue weighted by Crippen LogP contribution is 2.32. The van der Waals surface area contributed by atoms with Gasteiger partial charge in [0.05, 0.1) is 11.3 Å². The van der Waals surface area contributed by atoms with Gasteiger partial charge in [-0.15, -0.1) is 0 Å². The molecule has 0 bridgehead atoms. The molecule has 0 saturated carbocycles. The van der Waals surface area contributed by atoms with Gasteiger partial charge in [-0.3, -0.25) is 4.72 Å². The quantitative estimate of drug-likeness (QED) is 0.628. The molecule has 3 aromatic rings. The standard InChI is InChI=1S/C20H14F2N2O2S2/c1-13-2-6-17(7-3-13)27-19-8-5-16(10-14(19)12-23)24-28(25,26)20-9-4-15(21)11-18(20)22/h2-11,24H,1H3. The van der Waals surface area contributed by atoms with Gasteiger partial charge < -0.3 is 0 Å². The zero-order chi connectivity index (χ0) is 20.3. The van der Waals surface area contributed by atoms with E-state index in [0.717, 1.165) is 22.6 Å². The highest BCUT2D eigenvalue weighted by Gasteiger charge is 2.20. The maximum atomic E-state index is 13.8. The Kier molecular flexibility index (Phi) is 5.68. The number of rotatable bonds is 5. The minimum atomic E-state index is -4.27. The van der Waals surface area contributed by atoms with E-state index in [-0.39, 0.29) is 11.3 Å². The predicted octanol–water partition coefficient (Wildman–Crippen LogP) is 5.10. The number of nitrogens with one attached hydrogen (secondary N) is 1. The number of sulfonamides is 1. The summed E-state index contributed by atoms with van der Waals surface area (Å²) < 4.78 is 53.8. The summed E-state index contributed by atoms with van der Waals surface area (Å²) in [5.74, 6) is -2.07. The number of nitriles is 1. The van der Waals surface area contributed by atoms with Crippen molar-refractivity contribution < 1.29 is 17.2 Å². The van der Waals surface area contributed by atoms with Gasteiger partial charge in [0.2, 0.25) is 0 Å². The van der Waals surface area contributed by atoms with E-state index in [9.17, 15) is 22.5 Å². The van der Waals surface area contributed by atoms with Crippen LogP contribution in [0, 0.1) is 29.9 Å². The Labute approximate surface area is 165 Å². The SMILES string of the molecule is Cc1ccc(Sc2ccc(NS(=O)(=O)c3ccc(F)cc3F)cc2C#N)cc1. The maximum Gasteiger partial charge on any atom is 0.264 e.